The number of rotatable bonds is 2. The van der Waals surface area contributed by atoms with E-state index in [1.807, 2.05) is 29.2 Å². The van der Waals surface area contributed by atoms with Crippen LogP contribution in [0.2, 0.25) is 0 Å². The quantitative estimate of drug-likeness (QED) is 0.852. The van der Waals surface area contributed by atoms with E-state index in [2.05, 4.69) is 24.3 Å². The summed E-state index contributed by atoms with van der Waals surface area (Å²) in [5, 5.41) is 0. The molecular weight excluding hydrogens is 300 g/mol. The van der Waals surface area contributed by atoms with Gasteiger partial charge in [0.25, 0.3) is 5.91 Å². The summed E-state index contributed by atoms with van der Waals surface area (Å²) in [6, 6.07) is 16.0. The van der Waals surface area contributed by atoms with Crippen LogP contribution in [0.1, 0.15) is 27.0 Å². The van der Waals surface area contributed by atoms with Crippen molar-refractivity contribution in [2.45, 2.75) is 19.4 Å². The topological polar surface area (TPSA) is 40.6 Å². The minimum atomic E-state index is -0.0305. The van der Waals surface area contributed by atoms with Crippen LogP contribution in [-0.2, 0) is 24.2 Å². The Kier molecular flexibility index (Phi) is 3.81. The minimum Gasteiger partial charge on any atom is -0.340 e. The predicted octanol–water partition coefficient (Wildman–Crippen LogP) is 2.27. The fourth-order valence-electron chi connectivity index (χ4n) is 3.62. The molecule has 4 rings (SSSR count). The van der Waals surface area contributed by atoms with Crippen molar-refractivity contribution >= 4 is 11.8 Å². The van der Waals surface area contributed by atoms with Crippen LogP contribution in [0.3, 0.4) is 0 Å². The molecule has 0 saturated carbocycles. The molecule has 0 unspecified atom stereocenters. The lowest BCUT2D eigenvalue weighted by Crippen LogP contribution is -2.41. The molecule has 0 bridgehead atoms. The van der Waals surface area contributed by atoms with Crippen molar-refractivity contribution in [2.24, 2.45) is 0 Å². The fourth-order valence-corrected chi connectivity index (χ4v) is 3.62. The molecule has 0 saturated heterocycles. The second-order valence-corrected chi connectivity index (χ2v) is 6.47. The van der Waals surface area contributed by atoms with Gasteiger partial charge in [0.2, 0.25) is 5.91 Å². The Labute approximate surface area is 141 Å². The summed E-state index contributed by atoms with van der Waals surface area (Å²) in [4.78, 5) is 28.7. The molecule has 0 aliphatic carbocycles. The van der Waals surface area contributed by atoms with E-state index in [-0.39, 0.29) is 18.4 Å². The Balaban J connectivity index is 1.42. The Hall–Kier alpha value is -2.62. The summed E-state index contributed by atoms with van der Waals surface area (Å²) in [5.74, 6) is 0.0148. The molecule has 0 fully saturated rings. The zero-order valence-corrected chi connectivity index (χ0v) is 13.6. The van der Waals surface area contributed by atoms with Gasteiger partial charge in [0.1, 0.15) is 6.54 Å². The third kappa shape index (κ3) is 2.68. The van der Waals surface area contributed by atoms with Crippen molar-refractivity contribution in [3.63, 3.8) is 0 Å². The first-order valence-electron chi connectivity index (χ1n) is 8.44. The number of amides is 2. The molecule has 4 heteroatoms. The number of carbonyl (C=O) groups is 2. The van der Waals surface area contributed by atoms with Gasteiger partial charge in [-0.15, -0.1) is 0 Å². The van der Waals surface area contributed by atoms with Crippen molar-refractivity contribution < 1.29 is 9.59 Å². The number of hydrogen-bond acceptors (Lipinski definition) is 2. The van der Waals surface area contributed by atoms with E-state index in [4.69, 9.17) is 0 Å². The highest BCUT2D eigenvalue weighted by Crippen LogP contribution is 2.22. The van der Waals surface area contributed by atoms with E-state index in [1.54, 1.807) is 4.90 Å². The Bertz CT molecular complexity index is 773. The number of carbonyl (C=O) groups excluding carboxylic acids is 2. The zero-order valence-electron chi connectivity index (χ0n) is 13.6. The van der Waals surface area contributed by atoms with Crippen LogP contribution < -0.4 is 0 Å². The molecular formula is C20H20N2O2. The van der Waals surface area contributed by atoms with Gasteiger partial charge in [-0.2, -0.15) is 0 Å². The molecule has 2 aromatic rings. The summed E-state index contributed by atoms with van der Waals surface area (Å²) in [6.07, 6.45) is 1.77. The molecule has 0 N–H and O–H groups in total. The van der Waals surface area contributed by atoms with Gasteiger partial charge >= 0.3 is 0 Å². The Morgan fingerprint density at radius 2 is 1.46 bits per heavy atom. The predicted molar refractivity (Wildman–Crippen MR) is 91.6 cm³/mol. The van der Waals surface area contributed by atoms with E-state index < -0.39 is 0 Å². The highest BCUT2D eigenvalue weighted by Gasteiger charge is 2.29. The lowest BCUT2D eigenvalue weighted by molar-refractivity contribution is -0.131. The molecule has 2 aromatic carbocycles. The molecule has 122 valence electrons. The first kappa shape index (κ1) is 14.9. The molecule has 0 aromatic heterocycles. The van der Waals surface area contributed by atoms with E-state index in [1.165, 1.54) is 11.1 Å². The van der Waals surface area contributed by atoms with Gasteiger partial charge in [-0.1, -0.05) is 42.5 Å². The minimum absolute atomic E-state index is 0.0305. The highest BCUT2D eigenvalue weighted by molar-refractivity contribution is 6.00. The summed E-state index contributed by atoms with van der Waals surface area (Å²) in [5.41, 5.74) is 4.40. The first-order valence-corrected chi connectivity index (χ1v) is 8.44. The monoisotopic (exact) mass is 320 g/mol. The van der Waals surface area contributed by atoms with Crippen molar-refractivity contribution in [2.75, 3.05) is 19.6 Å². The molecule has 2 amide bonds. The Morgan fingerprint density at radius 3 is 2.08 bits per heavy atom. The van der Waals surface area contributed by atoms with Gasteiger partial charge in [-0.3, -0.25) is 9.59 Å². The average Bonchev–Trinajstić information content (AvgIpc) is 2.80. The molecule has 2 aliphatic heterocycles. The summed E-state index contributed by atoms with van der Waals surface area (Å²) in [7, 11) is 0. The summed E-state index contributed by atoms with van der Waals surface area (Å²) < 4.78 is 0. The molecule has 0 atom stereocenters. The van der Waals surface area contributed by atoms with Crippen LogP contribution in [0.4, 0.5) is 0 Å². The lowest BCUT2D eigenvalue weighted by Gasteiger charge is -2.23. The van der Waals surface area contributed by atoms with E-state index in [0.29, 0.717) is 6.54 Å². The SMILES string of the molecule is O=C(CN1Cc2ccccc2C1=O)N1CCc2ccccc2CC1. The number of hydrogen-bond donors (Lipinski definition) is 0. The molecule has 0 spiro atoms. The second-order valence-electron chi connectivity index (χ2n) is 6.47. The zero-order chi connectivity index (χ0) is 16.5. The van der Waals surface area contributed by atoms with Crippen molar-refractivity contribution in [3.05, 3.63) is 70.8 Å². The average molecular weight is 320 g/mol. The maximum absolute atomic E-state index is 12.7. The standard InChI is InChI=1S/C20H20N2O2/c23-19(14-22-13-17-7-3-4-8-18(17)20(22)24)21-11-9-15-5-1-2-6-16(15)10-12-21/h1-8H,9-14H2. The largest absolute Gasteiger partial charge is 0.340 e. The molecule has 2 aliphatic rings. The normalized spacial score (nSPS) is 16.6. The number of nitrogens with zero attached hydrogens (tertiary/aromatic N) is 2. The van der Waals surface area contributed by atoms with Gasteiger partial charge < -0.3 is 9.80 Å². The van der Waals surface area contributed by atoms with Crippen LogP contribution in [-0.4, -0.2) is 41.2 Å². The van der Waals surface area contributed by atoms with Crippen molar-refractivity contribution in [3.8, 4) is 0 Å². The van der Waals surface area contributed by atoms with E-state index >= 15 is 0 Å². The van der Waals surface area contributed by atoms with Gasteiger partial charge in [0, 0.05) is 25.2 Å². The molecule has 0 radical (unpaired) electrons. The van der Waals surface area contributed by atoms with Gasteiger partial charge in [-0.05, 0) is 35.6 Å². The lowest BCUT2D eigenvalue weighted by atomic mass is 10.0. The summed E-state index contributed by atoms with van der Waals surface area (Å²) in [6.45, 7) is 2.16. The third-order valence-corrected chi connectivity index (χ3v) is 5.00. The van der Waals surface area contributed by atoms with Crippen molar-refractivity contribution in [1.82, 2.24) is 9.80 Å². The smallest absolute Gasteiger partial charge is 0.254 e. The van der Waals surface area contributed by atoms with Crippen LogP contribution in [0.15, 0.2) is 48.5 Å². The van der Waals surface area contributed by atoms with Gasteiger partial charge in [-0.25, -0.2) is 0 Å². The fraction of sp³-hybridized carbons (Fsp3) is 0.300. The molecule has 2 heterocycles. The summed E-state index contributed by atoms with van der Waals surface area (Å²) >= 11 is 0. The molecule has 4 nitrogen and oxygen atoms in total. The van der Waals surface area contributed by atoms with Crippen LogP contribution >= 0.6 is 0 Å². The third-order valence-electron chi connectivity index (χ3n) is 5.00. The second kappa shape index (κ2) is 6.11. The molecule has 24 heavy (non-hydrogen) atoms. The maximum Gasteiger partial charge on any atom is 0.254 e. The van der Waals surface area contributed by atoms with Crippen molar-refractivity contribution in [1.29, 1.82) is 0 Å². The Morgan fingerprint density at radius 1 is 0.875 bits per heavy atom. The van der Waals surface area contributed by atoms with Crippen LogP contribution in [0.25, 0.3) is 0 Å². The number of benzene rings is 2. The highest BCUT2D eigenvalue weighted by atomic mass is 16.2. The maximum atomic E-state index is 12.7. The van der Waals surface area contributed by atoms with E-state index in [0.717, 1.165) is 37.1 Å². The van der Waals surface area contributed by atoms with Gasteiger partial charge in [0.05, 0.1) is 0 Å². The van der Waals surface area contributed by atoms with E-state index in [9.17, 15) is 9.59 Å². The van der Waals surface area contributed by atoms with Gasteiger partial charge in [0.15, 0.2) is 0 Å². The first-order chi connectivity index (χ1) is 11.7. The number of fused-ring (bicyclic) bond motifs is 2. The van der Waals surface area contributed by atoms with Crippen LogP contribution in [0.5, 0.6) is 0 Å². The van der Waals surface area contributed by atoms with Crippen LogP contribution in [0, 0.1) is 0 Å².